The lowest BCUT2D eigenvalue weighted by Crippen LogP contribution is -2.34. The minimum absolute atomic E-state index is 0.220. The van der Waals surface area contributed by atoms with Gasteiger partial charge in [-0.1, -0.05) is 148 Å². The number of ether oxygens (including phenoxy) is 2. The number of fused-ring (bicyclic) bond motifs is 2. The molecule has 0 aliphatic carbocycles. The number of thiophene rings is 2. The van der Waals surface area contributed by atoms with Gasteiger partial charge in [-0.25, -0.2) is 9.97 Å². The quantitative estimate of drug-likeness (QED) is 0.0399. The second-order valence-electron chi connectivity index (χ2n) is 17.0. The van der Waals surface area contributed by atoms with Crippen LogP contribution in [0.3, 0.4) is 0 Å². The van der Waals surface area contributed by atoms with Gasteiger partial charge < -0.3 is 9.47 Å². The van der Waals surface area contributed by atoms with Crippen molar-refractivity contribution in [3.63, 3.8) is 0 Å². The number of carbonyl (C=O) groups excluding carboxylic acids is 2. The van der Waals surface area contributed by atoms with E-state index in [0.29, 0.717) is 64.4 Å². The number of carbonyl (C=O) groups is 2. The fourth-order valence-corrected chi connectivity index (χ4v) is 10.3. The fraction of sp³-hybridized carbons (Fsp3) is 0.444. The number of imide groups is 1. The Kier molecular flexibility index (Phi) is 17.0. The highest BCUT2D eigenvalue weighted by molar-refractivity contribution is 7.14. The molecule has 332 valence electrons. The molecular weight excluding hydrogens is 819 g/mol. The Hall–Kier alpha value is -4.86. The third kappa shape index (κ3) is 11.1. The summed E-state index contributed by atoms with van der Waals surface area (Å²) < 4.78 is 12.7. The topological polar surface area (TPSA) is 81.6 Å². The van der Waals surface area contributed by atoms with Crippen molar-refractivity contribution in [2.24, 2.45) is 5.92 Å². The van der Waals surface area contributed by atoms with Crippen LogP contribution in [0.15, 0.2) is 83.6 Å². The van der Waals surface area contributed by atoms with Gasteiger partial charge in [-0.05, 0) is 72.3 Å². The van der Waals surface area contributed by atoms with Gasteiger partial charge in [0.1, 0.15) is 11.5 Å². The molecule has 7 nitrogen and oxygen atoms in total. The summed E-state index contributed by atoms with van der Waals surface area (Å²) in [5, 5.41) is 4.03. The zero-order chi connectivity index (χ0) is 44.0. The Labute approximate surface area is 383 Å². The number of hydrogen-bond donors (Lipinski definition) is 0. The van der Waals surface area contributed by atoms with Gasteiger partial charge in [-0.2, -0.15) is 0 Å². The fourth-order valence-electron chi connectivity index (χ4n) is 8.74. The van der Waals surface area contributed by atoms with Crippen molar-refractivity contribution < 1.29 is 19.1 Å². The molecule has 0 saturated heterocycles. The van der Waals surface area contributed by atoms with E-state index < -0.39 is 0 Å². The first kappa shape index (κ1) is 46.1. The summed E-state index contributed by atoms with van der Waals surface area (Å²) in [4.78, 5) is 44.4. The van der Waals surface area contributed by atoms with Gasteiger partial charge in [0.05, 0.1) is 46.8 Å². The van der Waals surface area contributed by atoms with Crippen molar-refractivity contribution in [3.8, 4) is 54.9 Å². The van der Waals surface area contributed by atoms with Crippen molar-refractivity contribution in [2.45, 2.75) is 130 Å². The van der Waals surface area contributed by atoms with Gasteiger partial charge in [-0.15, -0.1) is 22.7 Å². The number of amides is 2. The zero-order valence-corrected chi connectivity index (χ0v) is 39.5. The summed E-state index contributed by atoms with van der Waals surface area (Å²) in [6, 6.07) is 24.3. The summed E-state index contributed by atoms with van der Waals surface area (Å²) in [6.45, 7) is 10.5. The predicted molar refractivity (Wildman–Crippen MR) is 263 cm³/mol. The van der Waals surface area contributed by atoms with Crippen molar-refractivity contribution in [1.82, 2.24) is 14.9 Å². The lowest BCUT2D eigenvalue weighted by atomic mass is 9.92. The van der Waals surface area contributed by atoms with Gasteiger partial charge >= 0.3 is 0 Å². The molecule has 1 unspecified atom stereocenters. The molecular formula is C54H65N3O4S2. The van der Waals surface area contributed by atoms with Gasteiger partial charge in [-0.3, -0.25) is 14.5 Å². The standard InChI is InChI=1S/C54H65N3O4S2/c1-5-9-12-14-16-18-31-60-41-27-20-25-39(35-41)49-50(40-26-21-28-42(36-40)61-32-19-17-15-13-10-6-2)56-52-46(44-30-23-34-63-44)48-47(45(51(52)55-49)43-29-22-33-62-43)53(58)57(54(48)59)37-38(8-4)24-11-7-3/h20-23,25-30,33-36,38H,5-19,24,31-32,37H2,1-4H3. The number of aromatic nitrogens is 2. The molecule has 0 N–H and O–H groups in total. The van der Waals surface area contributed by atoms with Crippen LogP contribution in [0.1, 0.15) is 151 Å². The summed E-state index contributed by atoms with van der Waals surface area (Å²) in [5.41, 5.74) is 6.48. The van der Waals surface area contributed by atoms with Crippen molar-refractivity contribution in [3.05, 3.63) is 94.7 Å². The van der Waals surface area contributed by atoms with E-state index in [-0.39, 0.29) is 17.7 Å². The number of rotatable bonds is 26. The minimum atomic E-state index is -0.249. The molecule has 63 heavy (non-hydrogen) atoms. The maximum Gasteiger partial charge on any atom is 0.262 e. The highest BCUT2D eigenvalue weighted by atomic mass is 32.1. The molecule has 0 saturated carbocycles. The Balaban J connectivity index is 1.39. The van der Waals surface area contributed by atoms with E-state index in [9.17, 15) is 9.59 Å². The molecule has 2 amide bonds. The third-order valence-electron chi connectivity index (χ3n) is 12.3. The van der Waals surface area contributed by atoms with Crippen LogP contribution in [0.5, 0.6) is 11.5 Å². The summed E-state index contributed by atoms with van der Waals surface area (Å²) >= 11 is 3.10. The normalized spacial score (nSPS) is 13.0. The molecule has 6 aromatic rings. The van der Waals surface area contributed by atoms with E-state index in [1.54, 1.807) is 22.7 Å². The van der Waals surface area contributed by atoms with Crippen molar-refractivity contribution in [2.75, 3.05) is 19.8 Å². The maximum absolute atomic E-state index is 14.9. The highest BCUT2D eigenvalue weighted by Crippen LogP contribution is 2.48. The molecule has 7 rings (SSSR count). The molecule has 0 fully saturated rings. The summed E-state index contributed by atoms with van der Waals surface area (Å²) in [6.07, 6.45) is 18.3. The molecule has 1 aliphatic heterocycles. The monoisotopic (exact) mass is 883 g/mol. The van der Waals surface area contributed by atoms with E-state index in [1.807, 2.05) is 59.3 Å². The number of unbranched alkanes of at least 4 members (excludes halogenated alkanes) is 11. The first-order chi connectivity index (χ1) is 31.0. The van der Waals surface area contributed by atoms with Gasteiger partial charge in [0.25, 0.3) is 11.8 Å². The average Bonchev–Trinajstić information content (AvgIpc) is 4.10. The SMILES string of the molecule is CCCCCCCCOc1cccc(-c2nc3c(-c4cccs4)c4c(c(-c5cccs5)c3nc2-c2cccc(OCCCCCCCC)c2)C(=O)N(CC(CC)CCCC)C4=O)c1. The van der Waals surface area contributed by atoms with Crippen LogP contribution in [0, 0.1) is 5.92 Å². The Morgan fingerprint density at radius 1 is 0.540 bits per heavy atom. The van der Waals surface area contributed by atoms with Crippen LogP contribution in [0.2, 0.25) is 0 Å². The number of benzene rings is 3. The second kappa shape index (κ2) is 23.2. The highest BCUT2D eigenvalue weighted by Gasteiger charge is 2.43. The molecule has 9 heteroatoms. The number of hydrogen-bond acceptors (Lipinski definition) is 8. The third-order valence-corrected chi connectivity index (χ3v) is 14.1. The van der Waals surface area contributed by atoms with E-state index in [2.05, 4.69) is 52.0 Å². The molecule has 3 aromatic heterocycles. The lowest BCUT2D eigenvalue weighted by molar-refractivity contribution is 0.0624. The summed E-state index contributed by atoms with van der Waals surface area (Å²) in [7, 11) is 0. The Morgan fingerprint density at radius 3 is 1.43 bits per heavy atom. The smallest absolute Gasteiger partial charge is 0.262 e. The van der Waals surface area contributed by atoms with Gasteiger partial charge in [0.15, 0.2) is 0 Å². The minimum Gasteiger partial charge on any atom is -0.494 e. The van der Waals surface area contributed by atoms with Crippen molar-refractivity contribution >= 4 is 45.5 Å². The van der Waals surface area contributed by atoms with Gasteiger partial charge in [0.2, 0.25) is 0 Å². The molecule has 3 aromatic carbocycles. The molecule has 1 aliphatic rings. The Morgan fingerprint density at radius 2 is 1.00 bits per heavy atom. The van der Waals surface area contributed by atoms with E-state index in [4.69, 9.17) is 19.4 Å². The van der Waals surface area contributed by atoms with Crippen LogP contribution >= 0.6 is 22.7 Å². The van der Waals surface area contributed by atoms with E-state index >= 15 is 0 Å². The number of nitrogens with zero attached hydrogens (tertiary/aromatic N) is 3. The largest absolute Gasteiger partial charge is 0.494 e. The molecule has 1 atom stereocenters. The van der Waals surface area contributed by atoms with E-state index in [0.717, 1.165) is 83.7 Å². The lowest BCUT2D eigenvalue weighted by Gasteiger charge is -2.21. The van der Waals surface area contributed by atoms with Crippen LogP contribution < -0.4 is 9.47 Å². The van der Waals surface area contributed by atoms with E-state index in [1.165, 1.54) is 56.3 Å². The predicted octanol–water partition coefficient (Wildman–Crippen LogP) is 15.7. The second-order valence-corrected chi connectivity index (χ2v) is 18.9. The van der Waals surface area contributed by atoms with Gasteiger partial charge in [0, 0.05) is 38.6 Å². The first-order valence-electron chi connectivity index (χ1n) is 23.8. The maximum atomic E-state index is 14.9. The van der Waals surface area contributed by atoms with Crippen LogP contribution in [0.4, 0.5) is 0 Å². The average molecular weight is 884 g/mol. The Bertz CT molecular complexity index is 2250. The molecule has 0 spiro atoms. The molecule has 4 heterocycles. The van der Waals surface area contributed by atoms with Crippen molar-refractivity contribution in [1.29, 1.82) is 0 Å². The molecule has 0 bridgehead atoms. The zero-order valence-electron chi connectivity index (χ0n) is 37.9. The van der Waals surface area contributed by atoms with Crippen LogP contribution in [0.25, 0.3) is 54.4 Å². The first-order valence-corrected chi connectivity index (χ1v) is 25.5. The molecule has 0 radical (unpaired) electrons. The summed E-state index contributed by atoms with van der Waals surface area (Å²) in [5.74, 6) is 1.28. The van der Waals surface area contributed by atoms with Crippen LogP contribution in [-0.2, 0) is 0 Å². The van der Waals surface area contributed by atoms with Crippen LogP contribution in [-0.4, -0.2) is 46.4 Å².